The zero-order valence-corrected chi connectivity index (χ0v) is 12.9. The number of anilines is 1. The molecule has 0 aliphatic carbocycles. The molecule has 4 aromatic rings. The lowest BCUT2D eigenvalue weighted by atomic mass is 10.3. The number of fused-ring (bicyclic) bond motifs is 1. The molecule has 0 saturated heterocycles. The zero-order chi connectivity index (χ0) is 16.5. The first-order valence-corrected chi connectivity index (χ1v) is 7.35. The third-order valence-electron chi connectivity index (χ3n) is 3.33. The molecule has 9 heteroatoms. The van der Waals surface area contributed by atoms with E-state index in [2.05, 4.69) is 25.5 Å². The van der Waals surface area contributed by atoms with Crippen LogP contribution < -0.4 is 5.32 Å². The number of carbonyl (C=O) groups excluding carboxylic acids is 1. The molecule has 4 aromatic heterocycles. The summed E-state index contributed by atoms with van der Waals surface area (Å²) in [5.74, 6) is -0.342. The van der Waals surface area contributed by atoms with Crippen LogP contribution >= 0.6 is 11.6 Å². The first-order chi connectivity index (χ1) is 11.7. The Morgan fingerprint density at radius 1 is 1.17 bits per heavy atom. The van der Waals surface area contributed by atoms with Crippen molar-refractivity contribution in [2.24, 2.45) is 0 Å². The van der Waals surface area contributed by atoms with Gasteiger partial charge in [-0.2, -0.15) is 10.2 Å². The van der Waals surface area contributed by atoms with Gasteiger partial charge in [0.05, 0.1) is 36.2 Å². The predicted molar refractivity (Wildman–Crippen MR) is 87.3 cm³/mol. The molecule has 0 aliphatic heterocycles. The van der Waals surface area contributed by atoms with Gasteiger partial charge in [0, 0.05) is 12.4 Å². The minimum absolute atomic E-state index is 0.293. The second kappa shape index (κ2) is 5.74. The zero-order valence-electron chi connectivity index (χ0n) is 12.2. The van der Waals surface area contributed by atoms with E-state index in [1.54, 1.807) is 41.7 Å². The summed E-state index contributed by atoms with van der Waals surface area (Å²) >= 11 is 5.88. The number of carbonyl (C=O) groups is 1. The summed E-state index contributed by atoms with van der Waals surface area (Å²) < 4.78 is 3.10. The van der Waals surface area contributed by atoms with Crippen LogP contribution in [-0.4, -0.2) is 35.3 Å². The molecule has 0 bridgehead atoms. The molecule has 0 atom stereocenters. The topological polar surface area (TPSA) is 90.0 Å². The summed E-state index contributed by atoms with van der Waals surface area (Å²) in [7, 11) is 0. The third-order valence-corrected chi connectivity index (χ3v) is 3.54. The van der Waals surface area contributed by atoms with Gasteiger partial charge in [-0.05, 0) is 18.2 Å². The molecule has 0 radical (unpaired) electrons. The van der Waals surface area contributed by atoms with Gasteiger partial charge in [-0.3, -0.25) is 9.78 Å². The van der Waals surface area contributed by atoms with E-state index in [9.17, 15) is 4.79 Å². The average Bonchev–Trinajstić information content (AvgIpc) is 3.22. The van der Waals surface area contributed by atoms with E-state index in [1.807, 2.05) is 12.1 Å². The molecule has 24 heavy (non-hydrogen) atoms. The number of hydrogen-bond donors (Lipinski definition) is 1. The van der Waals surface area contributed by atoms with Crippen LogP contribution in [0.3, 0.4) is 0 Å². The number of pyridine rings is 1. The third kappa shape index (κ3) is 2.59. The van der Waals surface area contributed by atoms with Crippen molar-refractivity contribution in [3.05, 3.63) is 66.1 Å². The molecule has 0 unspecified atom stereocenters. The molecular formula is C15H10ClN7O. The summed E-state index contributed by atoms with van der Waals surface area (Å²) in [6.45, 7) is 0. The van der Waals surface area contributed by atoms with Crippen molar-refractivity contribution in [2.75, 3.05) is 5.32 Å². The standard InChI is InChI=1S/C15H10ClN7O/c16-13-3-5-22-14(21-13)12(8-19-22)15(24)20-10-6-18-23(9-10)11-2-1-4-17-7-11/h1-9H,(H,20,24). The number of rotatable bonds is 3. The van der Waals surface area contributed by atoms with Gasteiger partial charge in [-0.1, -0.05) is 11.6 Å². The Hall–Kier alpha value is -3.26. The smallest absolute Gasteiger partial charge is 0.261 e. The highest BCUT2D eigenvalue weighted by molar-refractivity contribution is 6.29. The maximum absolute atomic E-state index is 12.4. The summed E-state index contributed by atoms with van der Waals surface area (Å²) in [5.41, 5.74) is 2.05. The van der Waals surface area contributed by atoms with Crippen molar-refractivity contribution in [3.63, 3.8) is 0 Å². The number of nitrogens with zero attached hydrogens (tertiary/aromatic N) is 6. The first-order valence-electron chi connectivity index (χ1n) is 6.97. The molecule has 0 aromatic carbocycles. The summed E-state index contributed by atoms with van der Waals surface area (Å²) in [5, 5.41) is 11.3. The predicted octanol–water partition coefficient (Wildman–Crippen LogP) is 2.22. The Balaban J connectivity index is 1.60. The van der Waals surface area contributed by atoms with Crippen molar-refractivity contribution in [1.29, 1.82) is 0 Å². The van der Waals surface area contributed by atoms with Gasteiger partial charge in [0.2, 0.25) is 0 Å². The fourth-order valence-electron chi connectivity index (χ4n) is 2.22. The Labute approximate surface area is 140 Å². The number of hydrogen-bond acceptors (Lipinski definition) is 5. The molecule has 1 amide bonds. The second-order valence-corrected chi connectivity index (χ2v) is 5.30. The lowest BCUT2D eigenvalue weighted by Gasteiger charge is -2.01. The van der Waals surface area contributed by atoms with Gasteiger partial charge in [-0.15, -0.1) is 0 Å². The van der Waals surface area contributed by atoms with Gasteiger partial charge < -0.3 is 5.32 Å². The average molecular weight is 340 g/mol. The SMILES string of the molecule is O=C(Nc1cnn(-c2cccnc2)c1)c1cnn2ccc(Cl)nc12. The van der Waals surface area contributed by atoms with Crippen molar-refractivity contribution in [1.82, 2.24) is 29.4 Å². The summed E-state index contributed by atoms with van der Waals surface area (Å²) in [6.07, 6.45) is 9.69. The minimum atomic E-state index is -0.342. The minimum Gasteiger partial charge on any atom is -0.319 e. The highest BCUT2D eigenvalue weighted by Crippen LogP contribution is 2.15. The van der Waals surface area contributed by atoms with Crippen molar-refractivity contribution in [3.8, 4) is 5.69 Å². The van der Waals surface area contributed by atoms with Crippen LogP contribution in [0.4, 0.5) is 5.69 Å². The number of aromatic nitrogens is 6. The number of halogens is 1. The lowest BCUT2D eigenvalue weighted by Crippen LogP contribution is -2.11. The second-order valence-electron chi connectivity index (χ2n) is 4.92. The van der Waals surface area contributed by atoms with Gasteiger partial charge in [-0.25, -0.2) is 14.2 Å². The molecule has 8 nitrogen and oxygen atoms in total. The highest BCUT2D eigenvalue weighted by Gasteiger charge is 2.15. The van der Waals surface area contributed by atoms with E-state index in [0.29, 0.717) is 22.1 Å². The maximum atomic E-state index is 12.4. The van der Waals surface area contributed by atoms with Gasteiger partial charge >= 0.3 is 0 Å². The lowest BCUT2D eigenvalue weighted by molar-refractivity contribution is 0.102. The highest BCUT2D eigenvalue weighted by atomic mass is 35.5. The largest absolute Gasteiger partial charge is 0.319 e. The maximum Gasteiger partial charge on any atom is 0.261 e. The molecule has 0 spiro atoms. The Bertz CT molecular complexity index is 1020. The van der Waals surface area contributed by atoms with E-state index in [1.165, 1.54) is 10.7 Å². The van der Waals surface area contributed by atoms with Crippen molar-refractivity contribution < 1.29 is 4.79 Å². The van der Waals surface area contributed by atoms with Crippen LogP contribution in [0.5, 0.6) is 0 Å². The summed E-state index contributed by atoms with van der Waals surface area (Å²) in [4.78, 5) is 20.6. The van der Waals surface area contributed by atoms with Crippen LogP contribution in [0.15, 0.2) is 55.4 Å². The van der Waals surface area contributed by atoms with Crippen LogP contribution in [0, 0.1) is 0 Å². The molecular weight excluding hydrogens is 330 g/mol. The first kappa shape index (κ1) is 14.3. The molecule has 4 heterocycles. The molecule has 0 aliphatic rings. The van der Waals surface area contributed by atoms with Crippen molar-refractivity contribution >= 4 is 28.8 Å². The molecule has 118 valence electrons. The van der Waals surface area contributed by atoms with Crippen LogP contribution in [0.1, 0.15) is 10.4 Å². The fraction of sp³-hybridized carbons (Fsp3) is 0. The Morgan fingerprint density at radius 3 is 2.92 bits per heavy atom. The van der Waals surface area contributed by atoms with Crippen LogP contribution in [0.25, 0.3) is 11.3 Å². The quantitative estimate of drug-likeness (QED) is 0.578. The van der Waals surface area contributed by atoms with Gasteiger partial charge in [0.1, 0.15) is 10.7 Å². The van der Waals surface area contributed by atoms with Gasteiger partial charge in [0.15, 0.2) is 5.65 Å². The molecule has 0 fully saturated rings. The number of amides is 1. The van der Waals surface area contributed by atoms with Crippen molar-refractivity contribution in [2.45, 2.75) is 0 Å². The number of nitrogens with one attached hydrogen (secondary N) is 1. The van der Waals surface area contributed by atoms with E-state index in [-0.39, 0.29) is 5.91 Å². The Kier molecular flexibility index (Phi) is 3.43. The van der Waals surface area contributed by atoms with Gasteiger partial charge in [0.25, 0.3) is 5.91 Å². The summed E-state index contributed by atoms with van der Waals surface area (Å²) in [6, 6.07) is 5.27. The monoisotopic (exact) mass is 339 g/mol. The normalized spacial score (nSPS) is 10.9. The van der Waals surface area contributed by atoms with E-state index < -0.39 is 0 Å². The molecule has 1 N–H and O–H groups in total. The van der Waals surface area contributed by atoms with Crippen LogP contribution in [-0.2, 0) is 0 Å². The van der Waals surface area contributed by atoms with Crippen LogP contribution in [0.2, 0.25) is 5.15 Å². The van der Waals surface area contributed by atoms with E-state index >= 15 is 0 Å². The van der Waals surface area contributed by atoms with E-state index in [4.69, 9.17) is 11.6 Å². The molecule has 0 saturated carbocycles. The van der Waals surface area contributed by atoms with E-state index in [0.717, 1.165) is 5.69 Å². The molecule has 4 rings (SSSR count). The fourth-order valence-corrected chi connectivity index (χ4v) is 2.36. The Morgan fingerprint density at radius 2 is 2.08 bits per heavy atom.